The van der Waals surface area contributed by atoms with Crippen molar-refractivity contribution < 1.29 is 29.1 Å². The Labute approximate surface area is 281 Å². The van der Waals surface area contributed by atoms with Crippen molar-refractivity contribution in [1.29, 1.82) is 0 Å². The van der Waals surface area contributed by atoms with Crippen LogP contribution in [-0.4, -0.2) is 65.4 Å². The van der Waals surface area contributed by atoms with Gasteiger partial charge in [0.15, 0.2) is 0 Å². The highest BCUT2D eigenvalue weighted by Crippen LogP contribution is 2.61. The van der Waals surface area contributed by atoms with Crippen molar-refractivity contribution in [3.8, 4) is 5.75 Å². The first-order valence-corrected chi connectivity index (χ1v) is 16.9. The Hall–Kier alpha value is -4.45. The van der Waals surface area contributed by atoms with Crippen LogP contribution in [0.4, 0.5) is 0 Å². The number of carbonyl (C=O) groups excluding carboxylic acids is 5. The number of hydrogen-bond donors (Lipinski definition) is 7. The van der Waals surface area contributed by atoms with Gasteiger partial charge in [-0.15, -0.1) is 0 Å². The summed E-state index contributed by atoms with van der Waals surface area (Å²) in [5, 5.41) is 20.1. The lowest BCUT2D eigenvalue weighted by Crippen LogP contribution is -2.57. The number of phenols is 1. The van der Waals surface area contributed by atoms with Crippen molar-refractivity contribution in [2.24, 2.45) is 34.6 Å². The van der Waals surface area contributed by atoms with E-state index in [1.165, 1.54) is 38.3 Å². The van der Waals surface area contributed by atoms with Crippen LogP contribution in [0.15, 0.2) is 54.6 Å². The molecule has 12 heteroatoms. The molecule has 9 N–H and O–H groups in total. The summed E-state index contributed by atoms with van der Waals surface area (Å²) in [5.74, 6) is -0.738. The van der Waals surface area contributed by atoms with Gasteiger partial charge in [0.1, 0.15) is 23.9 Å². The maximum absolute atomic E-state index is 13.7. The zero-order valence-corrected chi connectivity index (χ0v) is 27.5. The van der Waals surface area contributed by atoms with E-state index < -0.39 is 60.2 Å². The molecule has 48 heavy (non-hydrogen) atoms. The number of hydrogen-bond acceptors (Lipinski definition) is 7. The van der Waals surface area contributed by atoms with Crippen molar-refractivity contribution in [3.63, 3.8) is 0 Å². The third-order valence-corrected chi connectivity index (χ3v) is 10.3. The molecule has 4 fully saturated rings. The summed E-state index contributed by atoms with van der Waals surface area (Å²) in [6, 6.07) is 11.7. The first kappa shape index (κ1) is 34.9. The molecule has 0 heterocycles. The summed E-state index contributed by atoms with van der Waals surface area (Å²) in [5.41, 5.74) is 13.4. The maximum Gasteiger partial charge on any atom is 0.243 e. The number of amides is 5. The minimum Gasteiger partial charge on any atom is -0.508 e. The highest BCUT2D eigenvalue weighted by molar-refractivity contribution is 5.94. The van der Waals surface area contributed by atoms with Gasteiger partial charge in [-0.2, -0.15) is 0 Å². The third-order valence-electron chi connectivity index (χ3n) is 10.3. The highest BCUT2D eigenvalue weighted by Gasteiger charge is 2.52. The van der Waals surface area contributed by atoms with E-state index in [1.54, 1.807) is 12.1 Å². The number of primary amides is 1. The molecule has 4 aliphatic carbocycles. The Bertz CT molecular complexity index is 1450. The van der Waals surface area contributed by atoms with E-state index in [4.69, 9.17) is 11.5 Å². The molecule has 12 nitrogen and oxygen atoms in total. The quantitative estimate of drug-likeness (QED) is 0.148. The summed E-state index contributed by atoms with van der Waals surface area (Å²) >= 11 is 0. The standard InChI is InChI=1S/C36H48N6O6/c1-21(40-34(47)28(37)14-23-7-9-27(43)10-8-23)33(46)39-20-31(44)41-29(15-22-5-3-2-4-6-22)35(48)42-30(32(38)45)19-36-16-24-11-25(17-36)13-26(12-24)18-36/h2-10,21,24-26,28-30,43H,11-20,37H2,1H3,(H2,38,45)(H,39,46)(H,40,47)(H,41,44)(H,42,48)/t21-,24?,25?,26?,28-,29-,30-,36?/m0/s1. The fraction of sp³-hybridized carbons (Fsp3) is 0.528. The van der Waals surface area contributed by atoms with Crippen LogP contribution in [0.2, 0.25) is 0 Å². The second-order valence-corrected chi connectivity index (χ2v) is 14.3. The molecule has 4 aliphatic rings. The van der Waals surface area contributed by atoms with Gasteiger partial charge in [0.05, 0.1) is 12.6 Å². The van der Waals surface area contributed by atoms with Crippen molar-refractivity contribution in [3.05, 3.63) is 65.7 Å². The average Bonchev–Trinajstić information content (AvgIpc) is 3.03. The van der Waals surface area contributed by atoms with Crippen LogP contribution in [-0.2, 0) is 36.8 Å². The van der Waals surface area contributed by atoms with Crippen LogP contribution in [0.25, 0.3) is 0 Å². The number of nitrogens with one attached hydrogen (secondary N) is 4. The van der Waals surface area contributed by atoms with Gasteiger partial charge >= 0.3 is 0 Å². The van der Waals surface area contributed by atoms with Crippen LogP contribution in [0.3, 0.4) is 0 Å². The Morgan fingerprint density at radius 2 is 1.35 bits per heavy atom. The topological polar surface area (TPSA) is 206 Å². The maximum atomic E-state index is 13.7. The van der Waals surface area contributed by atoms with E-state index in [2.05, 4.69) is 21.3 Å². The fourth-order valence-electron chi connectivity index (χ4n) is 8.46. The van der Waals surface area contributed by atoms with Gasteiger partial charge in [-0.25, -0.2) is 0 Å². The molecule has 5 amide bonds. The lowest BCUT2D eigenvalue weighted by molar-refractivity contribution is -0.133. The number of nitrogens with two attached hydrogens (primary N) is 2. The average molecular weight is 661 g/mol. The van der Waals surface area contributed by atoms with Gasteiger partial charge in [-0.3, -0.25) is 24.0 Å². The van der Waals surface area contributed by atoms with Crippen molar-refractivity contribution in [2.75, 3.05) is 6.54 Å². The lowest BCUT2D eigenvalue weighted by atomic mass is 9.48. The Balaban J connectivity index is 1.15. The first-order valence-electron chi connectivity index (χ1n) is 16.9. The smallest absolute Gasteiger partial charge is 0.243 e. The molecule has 0 saturated heterocycles. The number of rotatable bonds is 15. The number of benzene rings is 2. The third kappa shape index (κ3) is 9.12. The summed E-state index contributed by atoms with van der Waals surface area (Å²) < 4.78 is 0. The molecule has 4 bridgehead atoms. The van der Waals surface area contributed by atoms with Crippen molar-refractivity contribution in [2.45, 2.75) is 88.9 Å². The van der Waals surface area contributed by atoms with Crippen molar-refractivity contribution in [1.82, 2.24) is 21.3 Å². The number of carbonyl (C=O) groups is 5. The monoisotopic (exact) mass is 660 g/mol. The predicted octanol–water partition coefficient (Wildman–Crippen LogP) is 1.19. The highest BCUT2D eigenvalue weighted by atomic mass is 16.3. The van der Waals surface area contributed by atoms with Crippen molar-refractivity contribution >= 4 is 29.5 Å². The van der Waals surface area contributed by atoms with Crippen LogP contribution < -0.4 is 32.7 Å². The van der Waals surface area contributed by atoms with E-state index >= 15 is 0 Å². The van der Waals surface area contributed by atoms with Crippen LogP contribution >= 0.6 is 0 Å². The minimum absolute atomic E-state index is 0.00570. The molecule has 6 rings (SSSR count). The van der Waals surface area contributed by atoms with Gasteiger partial charge in [0, 0.05) is 6.42 Å². The molecule has 4 atom stereocenters. The molecule has 0 spiro atoms. The summed E-state index contributed by atoms with van der Waals surface area (Å²) in [6.45, 7) is 1.03. The lowest BCUT2D eigenvalue weighted by Gasteiger charge is -2.57. The normalized spacial score (nSPS) is 24.8. The zero-order valence-electron chi connectivity index (χ0n) is 27.5. The van der Waals surface area contributed by atoms with Gasteiger partial charge in [-0.05, 0) is 105 Å². The Morgan fingerprint density at radius 3 is 1.94 bits per heavy atom. The molecule has 0 aliphatic heterocycles. The SMILES string of the molecule is C[C@H](NC(=O)[C@@H](N)Cc1ccc(O)cc1)C(=O)NCC(=O)N[C@@H](Cc1ccccc1)C(=O)N[C@@H](CC12CC3CC(CC(C3)C1)C2)C(N)=O. The van der Waals surface area contributed by atoms with E-state index in [-0.39, 0.29) is 24.0 Å². The molecule has 0 unspecified atom stereocenters. The molecule has 4 saturated carbocycles. The van der Waals surface area contributed by atoms with Crippen LogP contribution in [0, 0.1) is 23.2 Å². The second kappa shape index (κ2) is 15.2. The molecular weight excluding hydrogens is 612 g/mol. The summed E-state index contributed by atoms with van der Waals surface area (Å²) in [7, 11) is 0. The second-order valence-electron chi connectivity index (χ2n) is 14.3. The predicted molar refractivity (Wildman–Crippen MR) is 179 cm³/mol. The minimum atomic E-state index is -1.02. The fourth-order valence-corrected chi connectivity index (χ4v) is 8.46. The molecular formula is C36H48N6O6. The molecule has 2 aromatic carbocycles. The molecule has 2 aromatic rings. The van der Waals surface area contributed by atoms with Gasteiger partial charge in [-0.1, -0.05) is 42.5 Å². The zero-order chi connectivity index (χ0) is 34.4. The number of aromatic hydroxyl groups is 1. The van der Waals surface area contributed by atoms with Gasteiger partial charge in [0.2, 0.25) is 29.5 Å². The Morgan fingerprint density at radius 1 is 0.771 bits per heavy atom. The first-order chi connectivity index (χ1) is 22.9. The van der Waals surface area contributed by atoms with E-state index in [0.29, 0.717) is 24.2 Å². The van der Waals surface area contributed by atoms with Gasteiger partial charge < -0.3 is 37.8 Å². The van der Waals surface area contributed by atoms with Gasteiger partial charge in [0.25, 0.3) is 0 Å². The van der Waals surface area contributed by atoms with E-state index in [1.807, 2.05) is 30.3 Å². The van der Waals surface area contributed by atoms with Crippen LogP contribution in [0.1, 0.15) is 63.0 Å². The number of phenolic OH excluding ortho intramolecular Hbond substituents is 1. The molecule has 0 radical (unpaired) electrons. The summed E-state index contributed by atoms with van der Waals surface area (Å²) in [4.78, 5) is 64.7. The summed E-state index contributed by atoms with van der Waals surface area (Å²) in [6.07, 6.45) is 7.83. The van der Waals surface area contributed by atoms with E-state index in [0.717, 1.165) is 30.4 Å². The largest absolute Gasteiger partial charge is 0.508 e. The van der Waals surface area contributed by atoms with E-state index in [9.17, 15) is 29.1 Å². The molecule has 0 aromatic heterocycles. The molecule has 258 valence electrons. The van der Waals surface area contributed by atoms with Crippen LogP contribution in [0.5, 0.6) is 5.75 Å². The Kier molecular flexibility index (Phi) is 11.0.